The number of hydrogen-bond donors (Lipinski definition) is 2. The number of nitrogens with zero attached hydrogens (tertiary/aromatic N) is 3. The smallest absolute Gasteiger partial charge is 0.289 e. The summed E-state index contributed by atoms with van der Waals surface area (Å²) in [6, 6.07) is 0. The molecule has 1 saturated heterocycles. The van der Waals surface area contributed by atoms with Crippen LogP contribution in [-0.2, 0) is 4.74 Å². The number of thiocarbonyl (C=S) groups is 1. The molecule has 0 aromatic carbocycles. The summed E-state index contributed by atoms with van der Waals surface area (Å²) in [4.78, 5) is 21.3. The van der Waals surface area contributed by atoms with Crippen LogP contribution in [0.2, 0.25) is 0 Å². The van der Waals surface area contributed by atoms with E-state index in [1.807, 2.05) is 4.90 Å². The van der Waals surface area contributed by atoms with Crippen molar-refractivity contribution in [2.24, 2.45) is 0 Å². The second-order valence-corrected chi connectivity index (χ2v) is 3.96. The van der Waals surface area contributed by atoms with E-state index in [9.17, 15) is 4.79 Å². The molecule has 1 amide bonds. The Balaban J connectivity index is 1.80. The number of ether oxygens (including phenoxy) is 1. The fraction of sp³-hybridized carbons (Fsp3) is 0.400. The Morgan fingerprint density at radius 2 is 2.11 bits per heavy atom. The number of morpholine rings is 1. The van der Waals surface area contributed by atoms with Crippen LogP contribution in [0.3, 0.4) is 0 Å². The number of carbonyl (C=O) groups excluding carboxylic acids is 1. The predicted molar refractivity (Wildman–Crippen MR) is 67.6 cm³/mol. The standard InChI is InChI=1S/C10H13N5O2S/c16-9(8-7-11-1-2-12-8)13-14-10(18)15-3-5-17-6-4-15/h1-2,7H,3-6H2,(H,13,16)(H,14,18). The quantitative estimate of drug-likeness (QED) is 0.516. The third-order valence-electron chi connectivity index (χ3n) is 2.38. The van der Waals surface area contributed by atoms with Crippen LogP contribution < -0.4 is 10.9 Å². The maximum Gasteiger partial charge on any atom is 0.289 e. The molecule has 8 heteroatoms. The minimum atomic E-state index is -0.376. The molecule has 1 aromatic rings. The highest BCUT2D eigenvalue weighted by atomic mass is 32.1. The van der Waals surface area contributed by atoms with Gasteiger partial charge in [-0.05, 0) is 12.2 Å². The Hall–Kier alpha value is -1.80. The number of amides is 1. The van der Waals surface area contributed by atoms with E-state index in [1.165, 1.54) is 18.6 Å². The Morgan fingerprint density at radius 1 is 1.33 bits per heavy atom. The summed E-state index contributed by atoms with van der Waals surface area (Å²) >= 11 is 5.15. The molecular weight excluding hydrogens is 254 g/mol. The van der Waals surface area contributed by atoms with Gasteiger partial charge in [0.1, 0.15) is 5.69 Å². The average Bonchev–Trinajstić information content (AvgIpc) is 2.46. The summed E-state index contributed by atoms with van der Waals surface area (Å²) in [7, 11) is 0. The third-order valence-corrected chi connectivity index (χ3v) is 2.74. The second-order valence-electron chi connectivity index (χ2n) is 3.57. The molecule has 2 rings (SSSR count). The molecule has 2 heterocycles. The normalized spacial score (nSPS) is 15.0. The number of nitrogens with one attached hydrogen (secondary N) is 2. The van der Waals surface area contributed by atoms with Crippen LogP contribution in [0.1, 0.15) is 10.5 Å². The summed E-state index contributed by atoms with van der Waals surface area (Å²) in [5, 5.41) is 0.468. The summed E-state index contributed by atoms with van der Waals surface area (Å²) < 4.78 is 5.21. The van der Waals surface area contributed by atoms with E-state index in [-0.39, 0.29) is 11.6 Å². The molecule has 96 valence electrons. The topological polar surface area (TPSA) is 79.4 Å². The van der Waals surface area contributed by atoms with Crippen molar-refractivity contribution in [1.82, 2.24) is 25.7 Å². The van der Waals surface area contributed by atoms with E-state index >= 15 is 0 Å². The number of aromatic nitrogens is 2. The first kappa shape index (κ1) is 12.7. The monoisotopic (exact) mass is 267 g/mol. The zero-order valence-electron chi connectivity index (χ0n) is 9.63. The summed E-state index contributed by atoms with van der Waals surface area (Å²) in [5.41, 5.74) is 5.40. The van der Waals surface area contributed by atoms with Gasteiger partial charge in [0.15, 0.2) is 5.11 Å². The van der Waals surface area contributed by atoms with Crippen molar-refractivity contribution in [3.8, 4) is 0 Å². The van der Waals surface area contributed by atoms with Crippen LogP contribution in [0, 0.1) is 0 Å². The van der Waals surface area contributed by atoms with Gasteiger partial charge in [-0.1, -0.05) is 0 Å². The molecule has 1 aliphatic heterocycles. The van der Waals surface area contributed by atoms with Crippen molar-refractivity contribution in [2.45, 2.75) is 0 Å². The minimum absolute atomic E-state index is 0.231. The zero-order chi connectivity index (χ0) is 12.8. The molecule has 7 nitrogen and oxygen atoms in total. The molecule has 1 aromatic heterocycles. The van der Waals surface area contributed by atoms with Crippen molar-refractivity contribution in [2.75, 3.05) is 26.3 Å². The van der Waals surface area contributed by atoms with E-state index in [4.69, 9.17) is 17.0 Å². The van der Waals surface area contributed by atoms with Gasteiger partial charge in [0.25, 0.3) is 5.91 Å². The van der Waals surface area contributed by atoms with Crippen LogP contribution in [-0.4, -0.2) is 52.2 Å². The predicted octanol–water partition coefficient (Wildman–Crippen LogP) is -0.672. The van der Waals surface area contributed by atoms with E-state index in [0.29, 0.717) is 31.4 Å². The van der Waals surface area contributed by atoms with Crippen molar-refractivity contribution in [3.63, 3.8) is 0 Å². The molecular formula is C10H13N5O2S. The lowest BCUT2D eigenvalue weighted by molar-refractivity contribution is 0.0670. The van der Waals surface area contributed by atoms with Gasteiger partial charge in [0.05, 0.1) is 19.4 Å². The molecule has 0 saturated carbocycles. The largest absolute Gasteiger partial charge is 0.378 e. The van der Waals surface area contributed by atoms with Gasteiger partial charge in [-0.3, -0.25) is 20.6 Å². The lowest BCUT2D eigenvalue weighted by Crippen LogP contribution is -2.51. The molecule has 0 aliphatic carbocycles. The molecule has 0 atom stereocenters. The van der Waals surface area contributed by atoms with Gasteiger partial charge in [0.2, 0.25) is 0 Å². The van der Waals surface area contributed by atoms with Gasteiger partial charge in [-0.25, -0.2) is 4.98 Å². The van der Waals surface area contributed by atoms with Gasteiger partial charge in [0, 0.05) is 25.5 Å². The number of rotatable bonds is 1. The first-order valence-corrected chi connectivity index (χ1v) is 5.87. The molecule has 1 fully saturated rings. The molecule has 1 aliphatic rings. The van der Waals surface area contributed by atoms with Crippen molar-refractivity contribution in [3.05, 3.63) is 24.3 Å². The van der Waals surface area contributed by atoms with E-state index < -0.39 is 0 Å². The summed E-state index contributed by atoms with van der Waals surface area (Å²) in [6.45, 7) is 2.71. The van der Waals surface area contributed by atoms with Gasteiger partial charge in [-0.15, -0.1) is 0 Å². The van der Waals surface area contributed by atoms with Crippen LogP contribution in [0.5, 0.6) is 0 Å². The fourth-order valence-corrected chi connectivity index (χ4v) is 1.67. The van der Waals surface area contributed by atoms with Crippen molar-refractivity contribution in [1.29, 1.82) is 0 Å². The highest BCUT2D eigenvalue weighted by Crippen LogP contribution is 1.96. The lowest BCUT2D eigenvalue weighted by Gasteiger charge is -2.29. The van der Waals surface area contributed by atoms with Crippen molar-refractivity contribution < 1.29 is 9.53 Å². The molecule has 0 radical (unpaired) electrons. The Kier molecular flexibility index (Phi) is 4.37. The second kappa shape index (κ2) is 6.22. The Bertz CT molecular complexity index is 422. The first-order chi connectivity index (χ1) is 8.77. The molecule has 0 spiro atoms. The first-order valence-electron chi connectivity index (χ1n) is 5.46. The lowest BCUT2D eigenvalue weighted by atomic mass is 10.4. The minimum Gasteiger partial charge on any atom is -0.378 e. The summed E-state index contributed by atoms with van der Waals surface area (Å²) in [5.74, 6) is -0.376. The Labute approximate surface area is 110 Å². The summed E-state index contributed by atoms with van der Waals surface area (Å²) in [6.07, 6.45) is 4.34. The highest BCUT2D eigenvalue weighted by molar-refractivity contribution is 7.80. The van der Waals surface area contributed by atoms with E-state index in [0.717, 1.165) is 0 Å². The maximum absolute atomic E-state index is 11.7. The molecule has 18 heavy (non-hydrogen) atoms. The fourth-order valence-electron chi connectivity index (χ4n) is 1.44. The van der Waals surface area contributed by atoms with Crippen LogP contribution in [0.15, 0.2) is 18.6 Å². The van der Waals surface area contributed by atoms with Crippen LogP contribution in [0.25, 0.3) is 0 Å². The van der Waals surface area contributed by atoms with Crippen LogP contribution in [0.4, 0.5) is 0 Å². The average molecular weight is 267 g/mol. The SMILES string of the molecule is O=C(NNC(=S)N1CCOCC1)c1cnccn1. The third kappa shape index (κ3) is 3.34. The maximum atomic E-state index is 11.7. The van der Waals surface area contributed by atoms with E-state index in [2.05, 4.69) is 20.8 Å². The number of hydrogen-bond acceptors (Lipinski definition) is 5. The zero-order valence-corrected chi connectivity index (χ0v) is 10.4. The molecule has 2 N–H and O–H groups in total. The number of carbonyl (C=O) groups is 1. The van der Waals surface area contributed by atoms with Gasteiger partial charge >= 0.3 is 0 Å². The number of hydrazine groups is 1. The van der Waals surface area contributed by atoms with Crippen molar-refractivity contribution >= 4 is 23.2 Å². The van der Waals surface area contributed by atoms with Crippen LogP contribution >= 0.6 is 12.2 Å². The molecule has 0 bridgehead atoms. The van der Waals surface area contributed by atoms with E-state index in [1.54, 1.807) is 0 Å². The van der Waals surface area contributed by atoms with Gasteiger partial charge < -0.3 is 9.64 Å². The highest BCUT2D eigenvalue weighted by Gasteiger charge is 2.14. The van der Waals surface area contributed by atoms with Gasteiger partial charge in [-0.2, -0.15) is 0 Å². The molecule has 0 unspecified atom stereocenters. The Morgan fingerprint density at radius 3 is 2.78 bits per heavy atom.